The molecule has 0 saturated carbocycles. The molecule has 2 aromatic carbocycles. The summed E-state index contributed by atoms with van der Waals surface area (Å²) >= 11 is 3.54. The second kappa shape index (κ2) is 8.02. The lowest BCUT2D eigenvalue weighted by Crippen LogP contribution is -2.27. The van der Waals surface area contributed by atoms with E-state index in [0.717, 1.165) is 15.6 Å². The Morgan fingerprint density at radius 2 is 1.93 bits per heavy atom. The van der Waals surface area contributed by atoms with Gasteiger partial charge in [0, 0.05) is 4.47 Å². The first-order chi connectivity index (χ1) is 13.6. The molecule has 1 aliphatic heterocycles. The molecule has 0 aliphatic carbocycles. The lowest BCUT2D eigenvalue weighted by molar-refractivity contribution is 0.0934. The van der Waals surface area contributed by atoms with E-state index in [0.29, 0.717) is 31.3 Å². The number of halogens is 1. The van der Waals surface area contributed by atoms with Crippen molar-refractivity contribution in [3.8, 4) is 11.5 Å². The molecule has 1 unspecified atom stereocenters. The number of ether oxygens (including phenoxy) is 2. The smallest absolute Gasteiger partial charge is 0.273 e. The van der Waals surface area contributed by atoms with Gasteiger partial charge in [0.05, 0.1) is 18.8 Å². The molecule has 28 heavy (non-hydrogen) atoms. The van der Waals surface area contributed by atoms with Crippen LogP contribution in [0.3, 0.4) is 0 Å². The highest BCUT2D eigenvalue weighted by Gasteiger charge is 2.20. The Morgan fingerprint density at radius 3 is 2.68 bits per heavy atom. The van der Waals surface area contributed by atoms with Crippen molar-refractivity contribution in [2.75, 3.05) is 13.2 Å². The normalized spacial score (nSPS) is 13.8. The van der Waals surface area contributed by atoms with Gasteiger partial charge in [0.2, 0.25) is 0 Å². The minimum atomic E-state index is -0.284. The zero-order valence-corrected chi connectivity index (χ0v) is 16.8. The van der Waals surface area contributed by atoms with Gasteiger partial charge in [-0.3, -0.25) is 4.79 Å². The molecule has 0 radical (unpaired) electrons. The third-order valence-corrected chi connectivity index (χ3v) is 5.12. The van der Waals surface area contributed by atoms with Gasteiger partial charge in [-0.05, 0) is 30.2 Å². The minimum Gasteiger partial charge on any atom is -0.486 e. The van der Waals surface area contributed by atoms with Crippen molar-refractivity contribution in [1.29, 1.82) is 0 Å². The molecule has 0 bridgehead atoms. The van der Waals surface area contributed by atoms with Crippen LogP contribution in [0, 0.1) is 0 Å². The first-order valence-electron chi connectivity index (χ1n) is 8.94. The molecule has 1 aliphatic rings. The zero-order valence-electron chi connectivity index (χ0n) is 15.3. The van der Waals surface area contributed by atoms with Crippen molar-refractivity contribution in [2.24, 2.45) is 0 Å². The Labute approximate surface area is 170 Å². The Kier molecular flexibility index (Phi) is 5.29. The van der Waals surface area contributed by atoms with Crippen molar-refractivity contribution in [1.82, 2.24) is 20.3 Å². The van der Waals surface area contributed by atoms with Crippen LogP contribution < -0.4 is 14.8 Å². The van der Waals surface area contributed by atoms with Crippen LogP contribution in [0.1, 0.15) is 34.6 Å². The zero-order chi connectivity index (χ0) is 19.5. The summed E-state index contributed by atoms with van der Waals surface area (Å²) in [6, 6.07) is 13.4. The number of carbonyl (C=O) groups excluding carboxylic acids is 1. The number of rotatable bonds is 5. The van der Waals surface area contributed by atoms with Crippen LogP contribution in [0.4, 0.5) is 0 Å². The van der Waals surface area contributed by atoms with Crippen molar-refractivity contribution in [3.05, 3.63) is 70.0 Å². The van der Waals surface area contributed by atoms with Gasteiger partial charge in [-0.25, -0.2) is 4.68 Å². The maximum absolute atomic E-state index is 12.6. The van der Waals surface area contributed by atoms with Crippen LogP contribution in [0.25, 0.3) is 0 Å². The molecule has 7 nitrogen and oxygen atoms in total. The van der Waals surface area contributed by atoms with Crippen LogP contribution in [0.15, 0.2) is 53.1 Å². The van der Waals surface area contributed by atoms with Gasteiger partial charge in [0.1, 0.15) is 13.2 Å². The maximum atomic E-state index is 12.6. The predicted molar refractivity (Wildman–Crippen MR) is 107 cm³/mol. The lowest BCUT2D eigenvalue weighted by Gasteiger charge is -2.22. The van der Waals surface area contributed by atoms with Gasteiger partial charge in [-0.15, -0.1) is 5.10 Å². The second-order valence-corrected chi connectivity index (χ2v) is 7.35. The van der Waals surface area contributed by atoms with Crippen LogP contribution in [0.2, 0.25) is 0 Å². The predicted octanol–water partition coefficient (Wildman–Crippen LogP) is 3.35. The van der Waals surface area contributed by atoms with Crippen molar-refractivity contribution >= 4 is 21.8 Å². The Bertz CT molecular complexity index is 990. The molecule has 1 atom stereocenters. The molecule has 1 amide bonds. The molecule has 8 heteroatoms. The molecule has 144 valence electrons. The Morgan fingerprint density at radius 1 is 1.21 bits per heavy atom. The summed E-state index contributed by atoms with van der Waals surface area (Å²) < 4.78 is 13.7. The van der Waals surface area contributed by atoms with Crippen LogP contribution in [0.5, 0.6) is 11.5 Å². The molecule has 4 rings (SSSR count). The molecule has 0 saturated heterocycles. The fraction of sp³-hybridized carbons (Fsp3) is 0.250. The topological polar surface area (TPSA) is 78.3 Å². The molecule has 2 heterocycles. The van der Waals surface area contributed by atoms with E-state index in [2.05, 4.69) is 31.6 Å². The minimum absolute atomic E-state index is 0.253. The Hall–Kier alpha value is -2.87. The first-order valence-corrected chi connectivity index (χ1v) is 9.73. The summed E-state index contributed by atoms with van der Waals surface area (Å²) in [5.74, 6) is 1.09. The van der Waals surface area contributed by atoms with E-state index in [4.69, 9.17) is 9.47 Å². The third kappa shape index (κ3) is 4.01. The number of benzene rings is 2. The van der Waals surface area contributed by atoms with Crippen LogP contribution in [-0.2, 0) is 6.54 Å². The largest absolute Gasteiger partial charge is 0.486 e. The molecular formula is C20H19BrN4O3. The second-order valence-electron chi connectivity index (χ2n) is 6.50. The quantitative estimate of drug-likeness (QED) is 0.655. The standard InChI is InChI=1S/C20H19BrN4O3/c1-13(15-9-18-19(10-16(15)21)28-8-7-27-18)22-20(26)17-12-25(24-23-17)11-14-5-3-2-4-6-14/h2-6,9-10,12-13H,7-8,11H2,1H3,(H,22,26). The number of carbonyl (C=O) groups is 1. The van der Waals surface area contributed by atoms with E-state index < -0.39 is 0 Å². The Balaban J connectivity index is 1.45. The molecule has 0 spiro atoms. The summed E-state index contributed by atoms with van der Waals surface area (Å²) in [5, 5.41) is 11.0. The van der Waals surface area contributed by atoms with Crippen LogP contribution in [-0.4, -0.2) is 34.1 Å². The molecule has 0 fully saturated rings. The third-order valence-electron chi connectivity index (χ3n) is 4.43. The van der Waals surface area contributed by atoms with Crippen LogP contribution >= 0.6 is 15.9 Å². The molecule has 1 aromatic heterocycles. The highest BCUT2D eigenvalue weighted by Crippen LogP contribution is 2.37. The van der Waals surface area contributed by atoms with Gasteiger partial charge in [0.15, 0.2) is 17.2 Å². The summed E-state index contributed by atoms with van der Waals surface area (Å²) in [4.78, 5) is 12.6. The number of fused-ring (bicyclic) bond motifs is 1. The number of hydrogen-bond donors (Lipinski definition) is 1. The number of nitrogens with zero attached hydrogens (tertiary/aromatic N) is 3. The molecule has 1 N–H and O–H groups in total. The number of aromatic nitrogens is 3. The summed E-state index contributed by atoms with van der Waals surface area (Å²) in [6.07, 6.45) is 1.65. The average Bonchev–Trinajstić information content (AvgIpc) is 3.17. The van der Waals surface area contributed by atoms with E-state index in [-0.39, 0.29) is 17.6 Å². The van der Waals surface area contributed by atoms with Gasteiger partial charge in [-0.1, -0.05) is 51.5 Å². The van der Waals surface area contributed by atoms with E-state index in [1.807, 2.05) is 49.4 Å². The van der Waals surface area contributed by atoms with Gasteiger partial charge in [0.25, 0.3) is 5.91 Å². The number of hydrogen-bond acceptors (Lipinski definition) is 5. The number of amides is 1. The summed E-state index contributed by atoms with van der Waals surface area (Å²) in [6.45, 7) is 3.51. The summed E-state index contributed by atoms with van der Waals surface area (Å²) in [5.41, 5.74) is 2.26. The maximum Gasteiger partial charge on any atom is 0.273 e. The molecular weight excluding hydrogens is 424 g/mol. The first kappa shape index (κ1) is 18.5. The van der Waals surface area contributed by atoms with Crippen molar-refractivity contribution in [2.45, 2.75) is 19.5 Å². The highest BCUT2D eigenvalue weighted by molar-refractivity contribution is 9.10. The monoisotopic (exact) mass is 442 g/mol. The van der Waals surface area contributed by atoms with Gasteiger partial charge in [-0.2, -0.15) is 0 Å². The van der Waals surface area contributed by atoms with E-state index >= 15 is 0 Å². The van der Waals surface area contributed by atoms with E-state index in [9.17, 15) is 4.79 Å². The average molecular weight is 443 g/mol. The van der Waals surface area contributed by atoms with E-state index in [1.165, 1.54) is 0 Å². The van der Waals surface area contributed by atoms with Gasteiger partial charge < -0.3 is 14.8 Å². The molecule has 3 aromatic rings. The van der Waals surface area contributed by atoms with Gasteiger partial charge >= 0.3 is 0 Å². The SMILES string of the molecule is CC(NC(=O)c1cn(Cc2ccccc2)nn1)c1cc2c(cc1Br)OCCO2. The fourth-order valence-electron chi connectivity index (χ4n) is 3.01. The summed E-state index contributed by atoms with van der Waals surface area (Å²) in [7, 11) is 0. The highest BCUT2D eigenvalue weighted by atomic mass is 79.9. The van der Waals surface area contributed by atoms with Crippen molar-refractivity contribution < 1.29 is 14.3 Å². The van der Waals surface area contributed by atoms with E-state index in [1.54, 1.807) is 10.9 Å². The lowest BCUT2D eigenvalue weighted by atomic mass is 10.1. The van der Waals surface area contributed by atoms with Crippen molar-refractivity contribution in [3.63, 3.8) is 0 Å². The number of nitrogens with one attached hydrogen (secondary N) is 1. The fourth-order valence-corrected chi connectivity index (χ4v) is 3.68.